The topological polar surface area (TPSA) is 138 Å². The standard InChI is InChI=1S/C25H20ClN3O6S.Ca/c1-14-11-22(36(32,33)34)20(13-18(14)26)28-29-23-16-8-4-3-7-15(16)12-17(24(23)30)25(31)27-19-9-5-6-10-21(19)35-2;/h3-13,30H,1-2H3,(H,27,31)(H,32,33,34);. The zero-order valence-electron chi connectivity index (χ0n) is 19.8. The van der Waals surface area contributed by atoms with Gasteiger partial charge in [0, 0.05) is 48.1 Å². The van der Waals surface area contributed by atoms with Gasteiger partial charge in [-0.05, 0) is 48.2 Å². The molecule has 0 saturated carbocycles. The van der Waals surface area contributed by atoms with Crippen LogP contribution in [0.15, 0.2) is 81.9 Å². The third-order valence-corrected chi connectivity index (χ3v) is 6.66. The molecule has 0 saturated heterocycles. The summed E-state index contributed by atoms with van der Waals surface area (Å²) in [7, 11) is -3.18. The molecule has 0 unspecified atom stereocenters. The van der Waals surface area contributed by atoms with Crippen molar-refractivity contribution in [2.24, 2.45) is 10.2 Å². The molecule has 12 heteroatoms. The second-order valence-corrected chi connectivity index (χ2v) is 9.54. The minimum absolute atomic E-state index is 0. The van der Waals surface area contributed by atoms with Crippen molar-refractivity contribution >= 4 is 93.2 Å². The maximum atomic E-state index is 13.1. The smallest absolute Gasteiger partial charge is 0.296 e. The molecule has 0 bridgehead atoms. The van der Waals surface area contributed by atoms with E-state index in [1.165, 1.54) is 25.3 Å². The van der Waals surface area contributed by atoms with E-state index in [0.29, 0.717) is 27.8 Å². The molecular weight excluding hydrogens is 546 g/mol. The fraction of sp³-hybridized carbons (Fsp3) is 0.0800. The molecule has 0 aliphatic carbocycles. The molecule has 4 aromatic carbocycles. The molecule has 4 rings (SSSR count). The average molecular weight is 566 g/mol. The molecule has 2 radical (unpaired) electrons. The van der Waals surface area contributed by atoms with Crippen molar-refractivity contribution in [1.82, 2.24) is 0 Å². The van der Waals surface area contributed by atoms with Crippen molar-refractivity contribution in [3.63, 3.8) is 0 Å². The number of ether oxygens (including phenoxy) is 1. The number of nitrogens with one attached hydrogen (secondary N) is 1. The maximum absolute atomic E-state index is 13.1. The van der Waals surface area contributed by atoms with E-state index in [9.17, 15) is 22.9 Å². The van der Waals surface area contributed by atoms with Crippen molar-refractivity contribution in [3.05, 3.63) is 82.9 Å². The van der Waals surface area contributed by atoms with Gasteiger partial charge in [0.1, 0.15) is 22.0 Å². The number of nitrogens with zero attached hydrogens (tertiary/aromatic N) is 2. The number of azo groups is 1. The number of rotatable bonds is 6. The number of amides is 1. The van der Waals surface area contributed by atoms with Crippen LogP contribution >= 0.6 is 11.6 Å². The van der Waals surface area contributed by atoms with E-state index in [-0.39, 0.29) is 59.7 Å². The van der Waals surface area contributed by atoms with Gasteiger partial charge in [0.2, 0.25) is 0 Å². The Bertz CT molecular complexity index is 1640. The van der Waals surface area contributed by atoms with E-state index >= 15 is 0 Å². The van der Waals surface area contributed by atoms with E-state index in [2.05, 4.69) is 15.5 Å². The number of phenolic OH excluding ortho intramolecular Hbond substituents is 1. The molecule has 0 spiro atoms. The van der Waals surface area contributed by atoms with Crippen LogP contribution in [0.1, 0.15) is 15.9 Å². The van der Waals surface area contributed by atoms with Crippen molar-refractivity contribution in [3.8, 4) is 11.5 Å². The molecule has 1 amide bonds. The van der Waals surface area contributed by atoms with Gasteiger partial charge in [-0.15, -0.1) is 10.2 Å². The quantitative estimate of drug-likeness (QED) is 0.148. The van der Waals surface area contributed by atoms with Crippen LogP contribution in [0.2, 0.25) is 5.02 Å². The Balaban J connectivity index is 0.00000380. The predicted molar refractivity (Wildman–Crippen MR) is 142 cm³/mol. The van der Waals surface area contributed by atoms with Crippen molar-refractivity contribution in [2.75, 3.05) is 12.4 Å². The van der Waals surface area contributed by atoms with Crippen LogP contribution < -0.4 is 10.1 Å². The predicted octanol–water partition coefficient (Wildman–Crippen LogP) is 6.05. The number of carbonyl (C=O) groups excluding carboxylic acids is 1. The van der Waals surface area contributed by atoms with Crippen LogP contribution in [0.3, 0.4) is 0 Å². The number of phenols is 1. The number of fused-ring (bicyclic) bond motifs is 1. The van der Waals surface area contributed by atoms with Gasteiger partial charge in [-0.1, -0.05) is 48.0 Å². The summed E-state index contributed by atoms with van der Waals surface area (Å²) in [6, 6.07) is 17.5. The van der Waals surface area contributed by atoms with Crippen LogP contribution in [-0.2, 0) is 10.1 Å². The number of aromatic hydroxyl groups is 1. The monoisotopic (exact) mass is 565 g/mol. The van der Waals surface area contributed by atoms with Crippen molar-refractivity contribution in [2.45, 2.75) is 11.8 Å². The van der Waals surface area contributed by atoms with Gasteiger partial charge >= 0.3 is 0 Å². The Morgan fingerprint density at radius 3 is 2.41 bits per heavy atom. The number of methoxy groups -OCH3 is 1. The Kier molecular flexibility index (Phi) is 9.17. The number of anilines is 1. The third-order valence-electron chi connectivity index (χ3n) is 5.37. The summed E-state index contributed by atoms with van der Waals surface area (Å²) in [5.74, 6) is -0.673. The molecule has 0 aliphatic heterocycles. The Morgan fingerprint density at radius 1 is 1.03 bits per heavy atom. The number of halogens is 1. The second-order valence-electron chi connectivity index (χ2n) is 7.74. The molecular formula is C25H20CaClN3O6S. The largest absolute Gasteiger partial charge is 0.505 e. The molecule has 0 aliphatic rings. The summed E-state index contributed by atoms with van der Waals surface area (Å²) < 4.78 is 38.6. The number of carbonyl (C=O) groups is 1. The summed E-state index contributed by atoms with van der Waals surface area (Å²) in [4.78, 5) is 12.6. The molecule has 3 N–H and O–H groups in total. The maximum Gasteiger partial charge on any atom is 0.296 e. The molecule has 37 heavy (non-hydrogen) atoms. The molecule has 186 valence electrons. The fourth-order valence-corrected chi connectivity index (χ4v) is 4.41. The summed E-state index contributed by atoms with van der Waals surface area (Å²) in [6.45, 7) is 1.57. The number of benzene rings is 4. The minimum atomic E-state index is -4.64. The first-order valence-electron chi connectivity index (χ1n) is 10.5. The minimum Gasteiger partial charge on any atom is -0.505 e. The summed E-state index contributed by atoms with van der Waals surface area (Å²) in [5.41, 5.74) is 0.404. The fourth-order valence-electron chi connectivity index (χ4n) is 3.56. The first-order chi connectivity index (χ1) is 17.1. The van der Waals surface area contributed by atoms with E-state index in [1.807, 2.05) is 0 Å². The number of hydrogen-bond donors (Lipinski definition) is 3. The summed E-state index contributed by atoms with van der Waals surface area (Å²) in [6.07, 6.45) is 0. The molecule has 0 fully saturated rings. The first kappa shape index (κ1) is 28.8. The van der Waals surface area contributed by atoms with Gasteiger partial charge in [-0.25, -0.2) is 0 Å². The van der Waals surface area contributed by atoms with Crippen molar-refractivity contribution in [1.29, 1.82) is 0 Å². The Morgan fingerprint density at radius 2 is 1.70 bits per heavy atom. The number of para-hydroxylation sites is 2. The first-order valence-corrected chi connectivity index (χ1v) is 12.3. The van der Waals surface area contributed by atoms with Crippen molar-refractivity contribution < 1.29 is 27.6 Å². The van der Waals surface area contributed by atoms with Crippen LogP contribution in [0.4, 0.5) is 17.1 Å². The van der Waals surface area contributed by atoms with Crippen LogP contribution in [0, 0.1) is 6.92 Å². The summed E-state index contributed by atoms with van der Waals surface area (Å²) in [5, 5.41) is 23.0. The van der Waals surface area contributed by atoms with Gasteiger partial charge in [-0.3, -0.25) is 9.35 Å². The molecule has 0 atom stereocenters. The van der Waals surface area contributed by atoms with Gasteiger partial charge in [-0.2, -0.15) is 8.42 Å². The van der Waals surface area contributed by atoms with Gasteiger partial charge in [0.25, 0.3) is 16.0 Å². The van der Waals surface area contributed by atoms with E-state index < -0.39 is 26.7 Å². The molecule has 0 heterocycles. The molecule has 4 aromatic rings. The SMILES string of the molecule is COc1ccccc1NC(=O)c1cc2ccccc2c(N=Nc2cc(Cl)c(C)cc2S(=O)(=O)O)c1O.[Ca]. The number of aryl methyl sites for hydroxylation is 1. The summed E-state index contributed by atoms with van der Waals surface area (Å²) >= 11 is 6.12. The molecule has 9 nitrogen and oxygen atoms in total. The van der Waals surface area contributed by atoms with E-state index in [4.69, 9.17) is 16.3 Å². The Labute approximate surface area is 247 Å². The van der Waals surface area contributed by atoms with Crippen LogP contribution in [-0.4, -0.2) is 68.8 Å². The van der Waals surface area contributed by atoms with Gasteiger partial charge in [0.15, 0.2) is 5.75 Å². The Hall–Kier alpha value is -2.73. The van der Waals surface area contributed by atoms with E-state index in [0.717, 1.165) is 0 Å². The van der Waals surface area contributed by atoms with Gasteiger partial charge < -0.3 is 15.2 Å². The van der Waals surface area contributed by atoms with Crippen LogP contribution in [0.25, 0.3) is 10.8 Å². The van der Waals surface area contributed by atoms with Gasteiger partial charge in [0.05, 0.1) is 18.4 Å². The zero-order chi connectivity index (χ0) is 26.0. The number of hydrogen-bond acceptors (Lipinski definition) is 7. The van der Waals surface area contributed by atoms with E-state index in [1.54, 1.807) is 55.5 Å². The average Bonchev–Trinajstić information content (AvgIpc) is 2.84. The molecule has 0 aromatic heterocycles. The third kappa shape index (κ3) is 6.23. The zero-order valence-corrected chi connectivity index (χ0v) is 23.5. The second kappa shape index (κ2) is 11.8. The van der Waals surface area contributed by atoms with Crippen LogP contribution in [0.5, 0.6) is 11.5 Å². The normalized spacial score (nSPS) is 11.4.